The van der Waals surface area contributed by atoms with Gasteiger partial charge in [0.25, 0.3) is 0 Å². The fourth-order valence-electron chi connectivity index (χ4n) is 1.67. The number of anilines is 1. The Balaban J connectivity index is 2.21. The monoisotopic (exact) mass is 284 g/mol. The lowest BCUT2D eigenvalue weighted by molar-refractivity contribution is -0.115. The Bertz CT molecular complexity index is 382. The van der Waals surface area contributed by atoms with Crippen molar-refractivity contribution in [2.45, 2.75) is 27.7 Å². The molecule has 2 N–H and O–H groups in total. The summed E-state index contributed by atoms with van der Waals surface area (Å²) in [5, 5.41) is 6.65. The number of likely N-dealkylation sites (N-methyl/N-ethyl adjacent to an activating group) is 1. The van der Waals surface area contributed by atoms with Gasteiger partial charge in [0.2, 0.25) is 5.91 Å². The largest absolute Gasteiger partial charge is 0.307 e. The smallest absolute Gasteiger partial charge is 0.240 e. The molecular weight excluding hydrogens is 260 g/mol. The van der Waals surface area contributed by atoms with Crippen molar-refractivity contribution in [2.24, 2.45) is 0 Å². The SMILES string of the molecule is CCN(CC)CCNCC(=O)Nc1nc(C)c(C)s1. The summed E-state index contributed by atoms with van der Waals surface area (Å²) >= 11 is 1.51. The number of amides is 1. The second kappa shape index (κ2) is 8.24. The number of aryl methyl sites for hydroxylation is 2. The van der Waals surface area contributed by atoms with Crippen molar-refractivity contribution >= 4 is 22.4 Å². The highest BCUT2D eigenvalue weighted by Crippen LogP contribution is 2.20. The molecule has 0 radical (unpaired) electrons. The van der Waals surface area contributed by atoms with Crippen LogP contribution in [0.2, 0.25) is 0 Å². The average Bonchev–Trinajstić information content (AvgIpc) is 2.68. The first kappa shape index (κ1) is 16.1. The molecule has 1 aromatic rings. The van der Waals surface area contributed by atoms with Crippen LogP contribution < -0.4 is 10.6 Å². The highest BCUT2D eigenvalue weighted by atomic mass is 32.1. The predicted molar refractivity (Wildman–Crippen MR) is 80.9 cm³/mol. The zero-order chi connectivity index (χ0) is 14.3. The Labute approximate surface area is 119 Å². The van der Waals surface area contributed by atoms with Crippen molar-refractivity contribution in [3.8, 4) is 0 Å². The topological polar surface area (TPSA) is 57.3 Å². The number of hydrogen-bond donors (Lipinski definition) is 2. The van der Waals surface area contributed by atoms with Gasteiger partial charge in [-0.1, -0.05) is 13.8 Å². The van der Waals surface area contributed by atoms with E-state index >= 15 is 0 Å². The summed E-state index contributed by atoms with van der Waals surface area (Å²) in [5.41, 5.74) is 0.981. The van der Waals surface area contributed by atoms with E-state index in [0.717, 1.165) is 36.8 Å². The summed E-state index contributed by atoms with van der Waals surface area (Å²) < 4.78 is 0. The summed E-state index contributed by atoms with van der Waals surface area (Å²) in [5.74, 6) is -0.0340. The Morgan fingerprint density at radius 1 is 1.32 bits per heavy atom. The molecule has 5 nitrogen and oxygen atoms in total. The van der Waals surface area contributed by atoms with Crippen LogP contribution in [0.5, 0.6) is 0 Å². The molecule has 1 amide bonds. The molecule has 6 heteroatoms. The normalized spacial score (nSPS) is 11.0. The third kappa shape index (κ3) is 5.67. The lowest BCUT2D eigenvalue weighted by Gasteiger charge is -2.17. The van der Waals surface area contributed by atoms with Crippen molar-refractivity contribution in [1.29, 1.82) is 0 Å². The summed E-state index contributed by atoms with van der Waals surface area (Å²) in [6.07, 6.45) is 0. The van der Waals surface area contributed by atoms with Gasteiger partial charge in [0.15, 0.2) is 5.13 Å². The molecule has 0 fully saturated rings. The number of rotatable bonds is 8. The third-order valence-electron chi connectivity index (χ3n) is 3.06. The van der Waals surface area contributed by atoms with Gasteiger partial charge in [-0.05, 0) is 26.9 Å². The Hall–Kier alpha value is -0.980. The molecule has 0 aliphatic carbocycles. The Kier molecular flexibility index (Phi) is 6.97. The van der Waals surface area contributed by atoms with Gasteiger partial charge < -0.3 is 15.5 Å². The Morgan fingerprint density at radius 2 is 2.00 bits per heavy atom. The number of carbonyl (C=O) groups excluding carboxylic acids is 1. The zero-order valence-electron chi connectivity index (χ0n) is 12.2. The minimum absolute atomic E-state index is 0.0340. The van der Waals surface area contributed by atoms with Crippen LogP contribution in [-0.2, 0) is 4.79 Å². The molecule has 0 bridgehead atoms. The maximum Gasteiger partial charge on any atom is 0.240 e. The maximum absolute atomic E-state index is 11.7. The van der Waals surface area contributed by atoms with Crippen LogP contribution in [0.25, 0.3) is 0 Å². The third-order valence-corrected chi connectivity index (χ3v) is 4.05. The van der Waals surface area contributed by atoms with Gasteiger partial charge in [0.05, 0.1) is 12.2 Å². The van der Waals surface area contributed by atoms with Gasteiger partial charge >= 0.3 is 0 Å². The van der Waals surface area contributed by atoms with Crippen molar-refractivity contribution in [1.82, 2.24) is 15.2 Å². The van der Waals surface area contributed by atoms with Crippen LogP contribution in [0.4, 0.5) is 5.13 Å². The van der Waals surface area contributed by atoms with Crippen molar-refractivity contribution in [3.05, 3.63) is 10.6 Å². The first-order valence-electron chi connectivity index (χ1n) is 6.73. The molecule has 0 saturated carbocycles. The van der Waals surface area contributed by atoms with E-state index in [4.69, 9.17) is 0 Å². The lowest BCUT2D eigenvalue weighted by atomic mass is 10.4. The lowest BCUT2D eigenvalue weighted by Crippen LogP contribution is -2.35. The van der Waals surface area contributed by atoms with E-state index in [-0.39, 0.29) is 5.91 Å². The van der Waals surface area contributed by atoms with E-state index < -0.39 is 0 Å². The standard InChI is InChI=1S/C13H24N4OS/c1-5-17(6-2)8-7-14-9-12(18)16-13-15-10(3)11(4)19-13/h14H,5-9H2,1-4H3,(H,15,16,18). The van der Waals surface area contributed by atoms with Crippen molar-refractivity contribution < 1.29 is 4.79 Å². The molecule has 108 valence electrons. The molecule has 19 heavy (non-hydrogen) atoms. The van der Waals surface area contributed by atoms with Gasteiger partial charge in [-0.25, -0.2) is 4.98 Å². The van der Waals surface area contributed by atoms with Crippen LogP contribution in [0.1, 0.15) is 24.4 Å². The highest BCUT2D eigenvalue weighted by molar-refractivity contribution is 7.15. The van der Waals surface area contributed by atoms with Gasteiger partial charge in [-0.3, -0.25) is 4.79 Å². The molecule has 0 aliphatic rings. The molecule has 1 aromatic heterocycles. The van der Waals surface area contributed by atoms with Crippen molar-refractivity contribution in [2.75, 3.05) is 38.0 Å². The van der Waals surface area contributed by atoms with E-state index in [9.17, 15) is 4.79 Å². The second-order valence-electron chi connectivity index (χ2n) is 4.41. The molecule has 0 saturated heterocycles. The minimum Gasteiger partial charge on any atom is -0.307 e. The van der Waals surface area contributed by atoms with Crippen molar-refractivity contribution in [3.63, 3.8) is 0 Å². The second-order valence-corrected chi connectivity index (χ2v) is 5.62. The molecule has 0 aliphatic heterocycles. The van der Waals surface area contributed by atoms with Crippen LogP contribution in [0.15, 0.2) is 0 Å². The quantitative estimate of drug-likeness (QED) is 0.712. The summed E-state index contributed by atoms with van der Waals surface area (Å²) in [7, 11) is 0. The van der Waals surface area contributed by atoms with Gasteiger partial charge in [-0.2, -0.15) is 0 Å². The van der Waals surface area contributed by atoms with E-state index in [1.165, 1.54) is 11.3 Å². The molecular formula is C13H24N4OS. The van der Waals surface area contributed by atoms with Crippen LogP contribution in [0, 0.1) is 13.8 Å². The van der Waals surface area contributed by atoms with Gasteiger partial charge in [0, 0.05) is 18.0 Å². The Morgan fingerprint density at radius 3 is 2.53 bits per heavy atom. The molecule has 0 spiro atoms. The maximum atomic E-state index is 11.7. The summed E-state index contributed by atoms with van der Waals surface area (Å²) in [6.45, 7) is 12.4. The summed E-state index contributed by atoms with van der Waals surface area (Å²) in [6, 6.07) is 0. The fraction of sp³-hybridized carbons (Fsp3) is 0.692. The van der Waals surface area contributed by atoms with E-state index in [1.54, 1.807) is 0 Å². The molecule has 0 unspecified atom stereocenters. The average molecular weight is 284 g/mol. The van der Waals surface area contributed by atoms with Crippen LogP contribution in [0.3, 0.4) is 0 Å². The number of hydrogen-bond acceptors (Lipinski definition) is 5. The highest BCUT2D eigenvalue weighted by Gasteiger charge is 2.07. The molecule has 0 atom stereocenters. The van der Waals surface area contributed by atoms with Crippen LogP contribution in [-0.4, -0.2) is 48.5 Å². The number of nitrogens with zero attached hydrogens (tertiary/aromatic N) is 2. The number of aromatic nitrogens is 1. The van der Waals surface area contributed by atoms with Gasteiger partial charge in [-0.15, -0.1) is 11.3 Å². The first-order valence-corrected chi connectivity index (χ1v) is 7.55. The molecule has 1 heterocycles. The minimum atomic E-state index is -0.0340. The molecule has 0 aromatic carbocycles. The first-order chi connectivity index (χ1) is 9.06. The fourth-order valence-corrected chi connectivity index (χ4v) is 2.50. The van der Waals surface area contributed by atoms with Gasteiger partial charge in [0.1, 0.15) is 0 Å². The molecule has 1 rings (SSSR count). The van der Waals surface area contributed by atoms with E-state index in [0.29, 0.717) is 11.7 Å². The number of carbonyl (C=O) groups is 1. The zero-order valence-corrected chi connectivity index (χ0v) is 13.1. The van der Waals surface area contributed by atoms with E-state index in [2.05, 4.69) is 34.4 Å². The number of thiazole rings is 1. The number of nitrogens with one attached hydrogen (secondary N) is 2. The predicted octanol–water partition coefficient (Wildman–Crippen LogP) is 1.63. The van der Waals surface area contributed by atoms with Crippen LogP contribution >= 0.6 is 11.3 Å². The van der Waals surface area contributed by atoms with E-state index in [1.807, 2.05) is 13.8 Å². The summed E-state index contributed by atoms with van der Waals surface area (Å²) in [4.78, 5) is 19.4.